The molecule has 2 atom stereocenters. The van der Waals surface area contributed by atoms with E-state index in [0.717, 1.165) is 32.2 Å². The molecule has 1 heterocycles. The van der Waals surface area contributed by atoms with E-state index in [2.05, 4.69) is 16.7 Å². The summed E-state index contributed by atoms with van der Waals surface area (Å²) in [6.07, 6.45) is 3.38. The molecule has 0 aromatic heterocycles. The van der Waals surface area contributed by atoms with Gasteiger partial charge in [-0.1, -0.05) is 0 Å². The van der Waals surface area contributed by atoms with Crippen molar-refractivity contribution in [1.29, 1.82) is 0 Å². The predicted octanol–water partition coefficient (Wildman–Crippen LogP) is -0.252. The Kier molecular flexibility index (Phi) is 3.94. The zero-order valence-electron chi connectivity index (χ0n) is 11.6. The molecule has 18 heavy (non-hydrogen) atoms. The number of nitrogens with zero attached hydrogens (tertiary/aromatic N) is 2. The normalized spacial score (nSPS) is 27.7. The molecule has 1 amide bonds. The van der Waals surface area contributed by atoms with Gasteiger partial charge in [0.1, 0.15) is 0 Å². The highest BCUT2D eigenvalue weighted by Gasteiger charge is 2.34. The fourth-order valence-electron chi connectivity index (χ4n) is 2.83. The largest absolute Gasteiger partial charge is 0.368 e. The lowest BCUT2D eigenvalue weighted by Crippen LogP contribution is -2.56. The summed E-state index contributed by atoms with van der Waals surface area (Å²) in [5.74, 6) is -0.411. The van der Waals surface area contributed by atoms with Crippen molar-refractivity contribution in [2.45, 2.75) is 50.7 Å². The van der Waals surface area contributed by atoms with Crippen LogP contribution in [0, 0.1) is 0 Å². The third-order valence-electron chi connectivity index (χ3n) is 4.32. The molecule has 5 heteroatoms. The van der Waals surface area contributed by atoms with E-state index in [1.165, 1.54) is 12.8 Å². The first-order valence-electron chi connectivity index (χ1n) is 6.97. The molecule has 2 rings (SSSR count). The minimum absolute atomic E-state index is 0.314. The van der Waals surface area contributed by atoms with E-state index in [1.54, 1.807) is 6.92 Å². The van der Waals surface area contributed by atoms with Gasteiger partial charge in [-0.15, -0.1) is 0 Å². The molecule has 2 aliphatic rings. The highest BCUT2D eigenvalue weighted by Crippen LogP contribution is 2.28. The second kappa shape index (κ2) is 5.15. The molecule has 4 N–H and O–H groups in total. The van der Waals surface area contributed by atoms with Gasteiger partial charge in [0.05, 0.1) is 5.54 Å². The Morgan fingerprint density at radius 3 is 2.33 bits per heavy atom. The predicted molar refractivity (Wildman–Crippen MR) is 72.0 cm³/mol. The zero-order valence-corrected chi connectivity index (χ0v) is 11.6. The van der Waals surface area contributed by atoms with Gasteiger partial charge in [-0.25, -0.2) is 0 Å². The molecule has 0 spiro atoms. The Morgan fingerprint density at radius 2 is 1.89 bits per heavy atom. The Bertz CT molecular complexity index is 306. The second-order valence-electron chi connectivity index (χ2n) is 6.14. The van der Waals surface area contributed by atoms with Crippen molar-refractivity contribution in [2.24, 2.45) is 11.5 Å². The lowest BCUT2D eigenvalue weighted by Gasteiger charge is -2.40. The number of piperazine rings is 1. The highest BCUT2D eigenvalue weighted by atomic mass is 16.1. The average Bonchev–Trinajstić information content (AvgIpc) is 3.12. The Morgan fingerprint density at radius 1 is 1.33 bits per heavy atom. The van der Waals surface area contributed by atoms with E-state index in [0.29, 0.717) is 12.5 Å². The molecule has 1 saturated carbocycles. The first-order valence-corrected chi connectivity index (χ1v) is 6.97. The van der Waals surface area contributed by atoms with Crippen LogP contribution in [0.25, 0.3) is 0 Å². The smallest absolute Gasteiger partial charge is 0.237 e. The van der Waals surface area contributed by atoms with Crippen LogP contribution < -0.4 is 11.5 Å². The van der Waals surface area contributed by atoms with Gasteiger partial charge < -0.3 is 11.5 Å². The van der Waals surface area contributed by atoms with E-state index in [9.17, 15) is 4.79 Å². The van der Waals surface area contributed by atoms with Crippen LogP contribution in [0.4, 0.5) is 0 Å². The summed E-state index contributed by atoms with van der Waals surface area (Å²) in [4.78, 5) is 16.3. The minimum atomic E-state index is -0.896. The van der Waals surface area contributed by atoms with E-state index in [-0.39, 0.29) is 0 Å². The van der Waals surface area contributed by atoms with Crippen LogP contribution in [-0.4, -0.2) is 59.5 Å². The summed E-state index contributed by atoms with van der Waals surface area (Å²) >= 11 is 0. The molecule has 0 radical (unpaired) electrons. The third kappa shape index (κ3) is 3.22. The number of amides is 1. The topological polar surface area (TPSA) is 75.6 Å². The maximum absolute atomic E-state index is 11.3. The van der Waals surface area contributed by atoms with Gasteiger partial charge in [-0.2, -0.15) is 0 Å². The Hall–Kier alpha value is -0.650. The fraction of sp³-hybridized carbons (Fsp3) is 0.923. The lowest BCUT2D eigenvalue weighted by molar-refractivity contribution is -0.123. The number of hydrogen-bond acceptors (Lipinski definition) is 4. The molecular formula is C13H26N4O. The van der Waals surface area contributed by atoms with Crippen LogP contribution in [0.5, 0.6) is 0 Å². The standard InChI is InChI=1S/C13H26N4O/c1-10(9-13(2,15)12(14)18)16-5-7-17(8-6-16)11-3-4-11/h10-11H,3-9,15H2,1-2H3,(H2,14,18). The van der Waals surface area contributed by atoms with Gasteiger partial charge in [0.15, 0.2) is 0 Å². The molecule has 2 fully saturated rings. The molecule has 1 aliphatic heterocycles. The van der Waals surface area contributed by atoms with Crippen molar-refractivity contribution in [2.75, 3.05) is 26.2 Å². The zero-order chi connectivity index (χ0) is 13.3. The van der Waals surface area contributed by atoms with Crippen LogP contribution in [0.2, 0.25) is 0 Å². The average molecular weight is 254 g/mol. The first kappa shape index (κ1) is 13.8. The van der Waals surface area contributed by atoms with Crippen molar-refractivity contribution in [1.82, 2.24) is 9.80 Å². The van der Waals surface area contributed by atoms with Crippen LogP contribution in [0.1, 0.15) is 33.1 Å². The quantitative estimate of drug-likeness (QED) is 0.709. The van der Waals surface area contributed by atoms with Crippen molar-refractivity contribution in [3.63, 3.8) is 0 Å². The molecular weight excluding hydrogens is 228 g/mol. The van der Waals surface area contributed by atoms with E-state index in [1.807, 2.05) is 0 Å². The molecule has 104 valence electrons. The minimum Gasteiger partial charge on any atom is -0.368 e. The van der Waals surface area contributed by atoms with Gasteiger partial charge in [0.25, 0.3) is 0 Å². The van der Waals surface area contributed by atoms with Crippen molar-refractivity contribution >= 4 is 5.91 Å². The number of rotatable bonds is 5. The van der Waals surface area contributed by atoms with Gasteiger partial charge in [0.2, 0.25) is 5.91 Å². The summed E-state index contributed by atoms with van der Waals surface area (Å²) in [5, 5.41) is 0. The van der Waals surface area contributed by atoms with Gasteiger partial charge in [-0.05, 0) is 33.1 Å². The fourth-order valence-corrected chi connectivity index (χ4v) is 2.83. The molecule has 5 nitrogen and oxygen atoms in total. The number of nitrogens with two attached hydrogens (primary N) is 2. The summed E-state index contributed by atoms with van der Waals surface area (Å²) in [7, 11) is 0. The van der Waals surface area contributed by atoms with Crippen LogP contribution in [0.15, 0.2) is 0 Å². The summed E-state index contributed by atoms with van der Waals surface area (Å²) < 4.78 is 0. The van der Waals surface area contributed by atoms with Gasteiger partial charge in [-0.3, -0.25) is 14.6 Å². The van der Waals surface area contributed by atoms with Gasteiger partial charge in [0, 0.05) is 38.3 Å². The lowest BCUT2D eigenvalue weighted by atomic mass is 9.93. The van der Waals surface area contributed by atoms with Crippen molar-refractivity contribution < 1.29 is 4.79 Å². The van der Waals surface area contributed by atoms with Crippen LogP contribution in [0.3, 0.4) is 0 Å². The number of carbonyl (C=O) groups is 1. The SMILES string of the molecule is CC(CC(C)(N)C(N)=O)N1CCN(C2CC2)CC1. The first-order chi connectivity index (χ1) is 8.40. The summed E-state index contributed by atoms with van der Waals surface area (Å²) in [6, 6.07) is 1.17. The molecule has 0 bridgehead atoms. The summed E-state index contributed by atoms with van der Waals surface area (Å²) in [6.45, 7) is 8.31. The number of primary amides is 1. The third-order valence-corrected chi connectivity index (χ3v) is 4.32. The molecule has 0 aromatic carbocycles. The van der Waals surface area contributed by atoms with E-state index >= 15 is 0 Å². The second-order valence-corrected chi connectivity index (χ2v) is 6.14. The highest BCUT2D eigenvalue weighted by molar-refractivity contribution is 5.83. The maximum Gasteiger partial charge on any atom is 0.237 e. The summed E-state index contributed by atoms with van der Waals surface area (Å²) in [5.41, 5.74) is 10.4. The Labute approximate surface area is 109 Å². The number of carbonyl (C=O) groups excluding carboxylic acids is 1. The Balaban J connectivity index is 1.79. The van der Waals surface area contributed by atoms with Crippen LogP contribution in [-0.2, 0) is 4.79 Å². The van der Waals surface area contributed by atoms with Gasteiger partial charge >= 0.3 is 0 Å². The molecule has 0 aromatic rings. The molecule has 1 aliphatic carbocycles. The maximum atomic E-state index is 11.3. The number of hydrogen-bond donors (Lipinski definition) is 2. The van der Waals surface area contributed by atoms with E-state index < -0.39 is 11.4 Å². The molecule has 1 saturated heterocycles. The van der Waals surface area contributed by atoms with Crippen LogP contribution >= 0.6 is 0 Å². The monoisotopic (exact) mass is 254 g/mol. The van der Waals surface area contributed by atoms with Crippen molar-refractivity contribution in [3.8, 4) is 0 Å². The molecule has 2 unspecified atom stereocenters. The van der Waals surface area contributed by atoms with Crippen molar-refractivity contribution in [3.05, 3.63) is 0 Å². The van der Waals surface area contributed by atoms with E-state index in [4.69, 9.17) is 11.5 Å².